The predicted molar refractivity (Wildman–Crippen MR) is 82.9 cm³/mol. The van der Waals surface area contributed by atoms with E-state index in [0.29, 0.717) is 28.6 Å². The zero-order valence-electron chi connectivity index (χ0n) is 12.2. The number of hydrogen-bond donors (Lipinski definition) is 2. The van der Waals surface area contributed by atoms with Crippen LogP contribution in [0, 0.1) is 0 Å². The maximum absolute atomic E-state index is 10.9. The van der Waals surface area contributed by atoms with E-state index < -0.39 is 12.1 Å². The largest absolute Gasteiger partial charge is 0.490 e. The summed E-state index contributed by atoms with van der Waals surface area (Å²) < 4.78 is 11.8. The summed E-state index contributed by atoms with van der Waals surface area (Å²) in [6.45, 7) is 4.63. The Morgan fingerprint density at radius 3 is 2.81 bits per heavy atom. The Kier molecular flexibility index (Phi) is 5.47. The number of benzene rings is 1. The van der Waals surface area contributed by atoms with Gasteiger partial charge >= 0.3 is 5.97 Å². The van der Waals surface area contributed by atoms with Crippen molar-refractivity contribution in [2.75, 3.05) is 6.61 Å². The minimum absolute atomic E-state index is 0.432. The molecule has 21 heavy (non-hydrogen) atoms. The molecule has 1 aromatic carbocycles. The first-order chi connectivity index (χ1) is 10.0. The van der Waals surface area contributed by atoms with E-state index in [-0.39, 0.29) is 0 Å². The third-order valence-electron chi connectivity index (χ3n) is 3.18. The molecular formula is C15H20BrNO4. The summed E-state index contributed by atoms with van der Waals surface area (Å²) in [4.78, 5) is 10.9. The summed E-state index contributed by atoms with van der Waals surface area (Å²) in [6, 6.07) is 4.46. The van der Waals surface area contributed by atoms with Gasteiger partial charge in [-0.05, 0) is 60.3 Å². The first-order valence-electron chi connectivity index (χ1n) is 7.09. The molecule has 2 N–H and O–H groups in total. The van der Waals surface area contributed by atoms with Crippen LogP contribution < -0.4 is 14.8 Å². The van der Waals surface area contributed by atoms with Crippen molar-refractivity contribution in [2.45, 2.75) is 45.4 Å². The van der Waals surface area contributed by atoms with Crippen LogP contribution in [0.1, 0.15) is 32.3 Å². The number of halogens is 1. The molecule has 1 aliphatic rings. The van der Waals surface area contributed by atoms with Crippen molar-refractivity contribution >= 4 is 21.9 Å². The van der Waals surface area contributed by atoms with Crippen LogP contribution in [0.4, 0.5) is 0 Å². The first kappa shape index (κ1) is 16.1. The fourth-order valence-electron chi connectivity index (χ4n) is 1.88. The molecule has 116 valence electrons. The third kappa shape index (κ3) is 4.61. The number of nitrogens with one attached hydrogen (secondary N) is 1. The highest BCUT2D eigenvalue weighted by atomic mass is 79.9. The van der Waals surface area contributed by atoms with Crippen LogP contribution >= 0.6 is 15.9 Å². The van der Waals surface area contributed by atoms with Gasteiger partial charge in [-0.15, -0.1) is 0 Å². The van der Waals surface area contributed by atoms with Gasteiger partial charge in [0.25, 0.3) is 0 Å². The smallest absolute Gasteiger partial charge is 0.344 e. The van der Waals surface area contributed by atoms with E-state index in [4.69, 9.17) is 14.6 Å². The topological polar surface area (TPSA) is 67.8 Å². The standard InChI is InChI=1S/C15H20BrNO4/c1-3-20-13-7-10(8-17-11-4-5-11)6-12(16)14(13)21-9(2)15(18)19/h6-7,9,11,17H,3-5,8H2,1-2H3,(H,18,19). The molecule has 0 spiro atoms. The van der Waals surface area contributed by atoms with Crippen LogP contribution in [0.3, 0.4) is 0 Å². The zero-order valence-corrected chi connectivity index (χ0v) is 13.8. The second kappa shape index (κ2) is 7.13. The average molecular weight is 358 g/mol. The van der Waals surface area contributed by atoms with E-state index >= 15 is 0 Å². The van der Waals surface area contributed by atoms with Crippen LogP contribution in [-0.2, 0) is 11.3 Å². The summed E-state index contributed by atoms with van der Waals surface area (Å²) >= 11 is 3.44. The summed E-state index contributed by atoms with van der Waals surface area (Å²) in [7, 11) is 0. The van der Waals surface area contributed by atoms with Gasteiger partial charge < -0.3 is 19.9 Å². The SMILES string of the molecule is CCOc1cc(CNC2CC2)cc(Br)c1OC(C)C(=O)O. The molecule has 1 saturated carbocycles. The maximum atomic E-state index is 10.9. The minimum Gasteiger partial charge on any atom is -0.490 e. The van der Waals surface area contributed by atoms with E-state index in [9.17, 15) is 4.79 Å². The van der Waals surface area contributed by atoms with Gasteiger partial charge in [-0.25, -0.2) is 4.79 Å². The molecular weight excluding hydrogens is 338 g/mol. The molecule has 1 atom stereocenters. The van der Waals surface area contributed by atoms with Crippen LogP contribution in [0.5, 0.6) is 11.5 Å². The van der Waals surface area contributed by atoms with Crippen molar-refractivity contribution in [2.24, 2.45) is 0 Å². The lowest BCUT2D eigenvalue weighted by atomic mass is 10.2. The van der Waals surface area contributed by atoms with Gasteiger partial charge in [-0.2, -0.15) is 0 Å². The molecule has 1 aliphatic carbocycles. The van der Waals surface area contributed by atoms with Crippen molar-refractivity contribution in [3.63, 3.8) is 0 Å². The Bertz CT molecular complexity index is 517. The number of ether oxygens (including phenoxy) is 2. The number of rotatable bonds is 8. The molecule has 6 heteroatoms. The molecule has 1 fully saturated rings. The fourth-order valence-corrected chi connectivity index (χ4v) is 2.46. The Balaban J connectivity index is 2.18. The lowest BCUT2D eigenvalue weighted by Gasteiger charge is -2.17. The molecule has 0 bridgehead atoms. The molecule has 5 nitrogen and oxygen atoms in total. The highest BCUT2D eigenvalue weighted by molar-refractivity contribution is 9.10. The molecule has 0 heterocycles. The molecule has 0 radical (unpaired) electrons. The van der Waals surface area contributed by atoms with Gasteiger partial charge in [0.2, 0.25) is 0 Å². The molecule has 1 aromatic rings. The van der Waals surface area contributed by atoms with Gasteiger partial charge in [0, 0.05) is 12.6 Å². The van der Waals surface area contributed by atoms with E-state index in [2.05, 4.69) is 21.2 Å². The highest BCUT2D eigenvalue weighted by Crippen LogP contribution is 2.37. The van der Waals surface area contributed by atoms with E-state index in [1.807, 2.05) is 19.1 Å². The quantitative estimate of drug-likeness (QED) is 0.748. The number of aliphatic carboxylic acids is 1. The Morgan fingerprint density at radius 1 is 1.52 bits per heavy atom. The predicted octanol–water partition coefficient (Wildman–Crippen LogP) is 2.95. The van der Waals surface area contributed by atoms with Crippen molar-refractivity contribution < 1.29 is 19.4 Å². The van der Waals surface area contributed by atoms with E-state index in [0.717, 1.165) is 12.1 Å². The van der Waals surface area contributed by atoms with Crippen molar-refractivity contribution in [1.82, 2.24) is 5.32 Å². The zero-order chi connectivity index (χ0) is 15.4. The first-order valence-corrected chi connectivity index (χ1v) is 7.88. The van der Waals surface area contributed by atoms with Crippen molar-refractivity contribution in [3.8, 4) is 11.5 Å². The second-order valence-electron chi connectivity index (χ2n) is 5.09. The normalized spacial score (nSPS) is 15.6. The summed E-state index contributed by atoms with van der Waals surface area (Å²) in [5.74, 6) is -0.0154. The van der Waals surface area contributed by atoms with Gasteiger partial charge in [-0.3, -0.25) is 0 Å². The summed E-state index contributed by atoms with van der Waals surface area (Å²) in [6.07, 6.45) is 1.53. The minimum atomic E-state index is -1.01. The maximum Gasteiger partial charge on any atom is 0.344 e. The second-order valence-corrected chi connectivity index (χ2v) is 5.95. The average Bonchev–Trinajstić information content (AvgIpc) is 3.24. The molecule has 0 aromatic heterocycles. The van der Waals surface area contributed by atoms with Crippen LogP contribution in [0.15, 0.2) is 16.6 Å². The van der Waals surface area contributed by atoms with Gasteiger partial charge in [-0.1, -0.05) is 0 Å². The molecule has 0 aliphatic heterocycles. The van der Waals surface area contributed by atoms with Gasteiger partial charge in [0.1, 0.15) is 0 Å². The Labute approximate surface area is 132 Å². The van der Waals surface area contributed by atoms with Gasteiger partial charge in [0.15, 0.2) is 17.6 Å². The van der Waals surface area contributed by atoms with Crippen LogP contribution in [0.2, 0.25) is 0 Å². The molecule has 0 amide bonds. The molecule has 0 saturated heterocycles. The van der Waals surface area contributed by atoms with Crippen LogP contribution in [0.25, 0.3) is 0 Å². The summed E-state index contributed by atoms with van der Waals surface area (Å²) in [5, 5.41) is 12.4. The molecule has 1 unspecified atom stereocenters. The lowest BCUT2D eigenvalue weighted by Crippen LogP contribution is -2.23. The Hall–Kier alpha value is -1.27. The van der Waals surface area contributed by atoms with Crippen molar-refractivity contribution in [3.05, 3.63) is 22.2 Å². The number of carboxylic acids is 1. The lowest BCUT2D eigenvalue weighted by molar-refractivity contribution is -0.144. The number of carboxylic acid groups (broad SMARTS) is 1. The van der Waals surface area contributed by atoms with Gasteiger partial charge in [0.05, 0.1) is 11.1 Å². The fraction of sp³-hybridized carbons (Fsp3) is 0.533. The number of hydrogen-bond acceptors (Lipinski definition) is 4. The molecule has 2 rings (SSSR count). The monoisotopic (exact) mass is 357 g/mol. The highest BCUT2D eigenvalue weighted by Gasteiger charge is 2.22. The van der Waals surface area contributed by atoms with Crippen molar-refractivity contribution in [1.29, 1.82) is 0 Å². The Morgan fingerprint density at radius 2 is 2.24 bits per heavy atom. The third-order valence-corrected chi connectivity index (χ3v) is 3.77. The van der Waals surface area contributed by atoms with E-state index in [1.165, 1.54) is 19.8 Å². The van der Waals surface area contributed by atoms with E-state index in [1.54, 1.807) is 0 Å². The van der Waals surface area contributed by atoms with Crippen LogP contribution in [-0.4, -0.2) is 29.8 Å². The summed E-state index contributed by atoms with van der Waals surface area (Å²) in [5.41, 5.74) is 1.08. The number of carbonyl (C=O) groups is 1.